The standard InChI is InChI=1S/C17H17NO5/c1-20-12-4-6-14(21-2)13(10-12)17(19)18-11-3-5-15-16(9-11)23-8-7-22-15/h3-6,9-10H,7-8H2,1-2H3,(H,18,19). The van der Waals surface area contributed by atoms with E-state index in [1.807, 2.05) is 0 Å². The lowest BCUT2D eigenvalue weighted by atomic mass is 10.1. The number of hydrogen-bond acceptors (Lipinski definition) is 5. The van der Waals surface area contributed by atoms with Crippen LogP contribution >= 0.6 is 0 Å². The van der Waals surface area contributed by atoms with Crippen LogP contribution in [-0.4, -0.2) is 33.3 Å². The van der Waals surface area contributed by atoms with Crippen molar-refractivity contribution in [1.82, 2.24) is 0 Å². The summed E-state index contributed by atoms with van der Waals surface area (Å²) in [6, 6.07) is 10.3. The Morgan fingerprint density at radius 3 is 2.52 bits per heavy atom. The van der Waals surface area contributed by atoms with E-state index in [0.717, 1.165) is 0 Å². The van der Waals surface area contributed by atoms with Crippen molar-refractivity contribution in [3.05, 3.63) is 42.0 Å². The molecule has 0 aliphatic carbocycles. The molecule has 23 heavy (non-hydrogen) atoms. The summed E-state index contributed by atoms with van der Waals surface area (Å²) in [4.78, 5) is 12.5. The fraction of sp³-hybridized carbons (Fsp3) is 0.235. The smallest absolute Gasteiger partial charge is 0.259 e. The second-order valence-electron chi connectivity index (χ2n) is 4.88. The maximum atomic E-state index is 12.5. The van der Waals surface area contributed by atoms with E-state index >= 15 is 0 Å². The largest absolute Gasteiger partial charge is 0.497 e. The first-order chi connectivity index (χ1) is 11.2. The molecule has 0 fully saturated rings. The minimum atomic E-state index is -0.294. The summed E-state index contributed by atoms with van der Waals surface area (Å²) >= 11 is 0. The molecule has 0 atom stereocenters. The lowest BCUT2D eigenvalue weighted by molar-refractivity contribution is 0.102. The van der Waals surface area contributed by atoms with Crippen molar-refractivity contribution < 1.29 is 23.7 Å². The van der Waals surface area contributed by atoms with E-state index < -0.39 is 0 Å². The van der Waals surface area contributed by atoms with Crippen LogP contribution in [-0.2, 0) is 0 Å². The number of rotatable bonds is 4. The summed E-state index contributed by atoms with van der Waals surface area (Å²) in [6.45, 7) is 1.02. The van der Waals surface area contributed by atoms with Crippen LogP contribution in [0.5, 0.6) is 23.0 Å². The molecule has 1 N–H and O–H groups in total. The first-order valence-electron chi connectivity index (χ1n) is 7.14. The number of benzene rings is 2. The molecule has 1 amide bonds. The maximum Gasteiger partial charge on any atom is 0.259 e. The molecule has 0 saturated carbocycles. The first kappa shape index (κ1) is 15.0. The highest BCUT2D eigenvalue weighted by Crippen LogP contribution is 2.33. The van der Waals surface area contributed by atoms with Crippen LogP contribution in [0.4, 0.5) is 5.69 Å². The summed E-state index contributed by atoms with van der Waals surface area (Å²) in [5.41, 5.74) is 1.01. The highest BCUT2D eigenvalue weighted by molar-refractivity contribution is 6.06. The molecule has 0 bridgehead atoms. The van der Waals surface area contributed by atoms with Crippen molar-refractivity contribution in [2.45, 2.75) is 0 Å². The molecule has 0 spiro atoms. The summed E-state index contributed by atoms with van der Waals surface area (Å²) in [7, 11) is 3.06. The van der Waals surface area contributed by atoms with Crippen LogP contribution in [0.15, 0.2) is 36.4 Å². The first-order valence-corrected chi connectivity index (χ1v) is 7.14. The van der Waals surface area contributed by atoms with Gasteiger partial charge in [0.2, 0.25) is 0 Å². The molecular weight excluding hydrogens is 298 g/mol. The van der Waals surface area contributed by atoms with Crippen LogP contribution in [0.1, 0.15) is 10.4 Å². The van der Waals surface area contributed by atoms with Crippen LogP contribution < -0.4 is 24.3 Å². The van der Waals surface area contributed by atoms with E-state index in [1.165, 1.54) is 7.11 Å². The zero-order chi connectivity index (χ0) is 16.2. The van der Waals surface area contributed by atoms with Gasteiger partial charge in [-0.05, 0) is 30.3 Å². The van der Waals surface area contributed by atoms with E-state index in [2.05, 4.69) is 5.32 Å². The molecule has 1 aliphatic rings. The molecule has 6 nitrogen and oxygen atoms in total. The van der Waals surface area contributed by atoms with Gasteiger partial charge in [-0.3, -0.25) is 4.79 Å². The Labute approximate surface area is 133 Å². The van der Waals surface area contributed by atoms with Crippen LogP contribution in [0.25, 0.3) is 0 Å². The van der Waals surface area contributed by atoms with Crippen molar-refractivity contribution in [2.24, 2.45) is 0 Å². The Bertz CT molecular complexity index is 729. The molecule has 0 unspecified atom stereocenters. The fourth-order valence-electron chi connectivity index (χ4n) is 2.31. The number of amides is 1. The molecule has 0 aromatic heterocycles. The number of nitrogens with one attached hydrogen (secondary N) is 1. The molecule has 0 saturated heterocycles. The molecule has 2 aromatic rings. The quantitative estimate of drug-likeness (QED) is 0.940. The second kappa shape index (κ2) is 6.48. The van der Waals surface area contributed by atoms with Crippen LogP contribution in [0.3, 0.4) is 0 Å². The number of ether oxygens (including phenoxy) is 4. The van der Waals surface area contributed by atoms with Gasteiger partial charge in [-0.2, -0.15) is 0 Å². The van der Waals surface area contributed by atoms with Crippen LogP contribution in [0.2, 0.25) is 0 Å². The number of hydrogen-bond donors (Lipinski definition) is 1. The number of carbonyl (C=O) groups excluding carboxylic acids is 1. The van der Waals surface area contributed by atoms with Gasteiger partial charge in [-0.1, -0.05) is 0 Å². The monoisotopic (exact) mass is 315 g/mol. The van der Waals surface area contributed by atoms with Gasteiger partial charge in [0.05, 0.1) is 19.8 Å². The Balaban J connectivity index is 1.84. The van der Waals surface area contributed by atoms with E-state index in [4.69, 9.17) is 18.9 Å². The highest BCUT2D eigenvalue weighted by atomic mass is 16.6. The molecular formula is C17H17NO5. The van der Waals surface area contributed by atoms with Gasteiger partial charge >= 0.3 is 0 Å². The predicted octanol–water partition coefficient (Wildman–Crippen LogP) is 2.73. The zero-order valence-corrected chi connectivity index (χ0v) is 12.9. The number of fused-ring (bicyclic) bond motifs is 1. The number of anilines is 1. The van der Waals surface area contributed by atoms with Crippen LogP contribution in [0, 0.1) is 0 Å². The Kier molecular flexibility index (Phi) is 4.23. The molecule has 6 heteroatoms. The third kappa shape index (κ3) is 3.15. The average Bonchev–Trinajstić information content (AvgIpc) is 2.61. The van der Waals surface area contributed by atoms with Gasteiger partial charge in [-0.15, -0.1) is 0 Å². The summed E-state index contributed by atoms with van der Waals surface area (Å²) in [6.07, 6.45) is 0. The van der Waals surface area contributed by atoms with Gasteiger partial charge in [0, 0.05) is 11.8 Å². The van der Waals surface area contributed by atoms with Gasteiger partial charge in [0.25, 0.3) is 5.91 Å². The van der Waals surface area contributed by atoms with Crippen molar-refractivity contribution in [3.8, 4) is 23.0 Å². The summed E-state index contributed by atoms with van der Waals surface area (Å²) in [5, 5.41) is 2.82. The summed E-state index contributed by atoms with van der Waals surface area (Å²) in [5.74, 6) is 2.05. The SMILES string of the molecule is COc1ccc(OC)c(C(=O)Nc2ccc3c(c2)OCCO3)c1. The van der Waals surface area contributed by atoms with Crippen molar-refractivity contribution in [2.75, 3.05) is 32.8 Å². The average molecular weight is 315 g/mol. The Hall–Kier alpha value is -2.89. The normalized spacial score (nSPS) is 12.4. The minimum absolute atomic E-state index is 0.294. The predicted molar refractivity (Wildman–Crippen MR) is 84.9 cm³/mol. The molecule has 2 aromatic carbocycles. The highest BCUT2D eigenvalue weighted by Gasteiger charge is 2.16. The zero-order valence-electron chi connectivity index (χ0n) is 12.9. The van der Waals surface area contributed by atoms with Gasteiger partial charge in [0.1, 0.15) is 24.7 Å². The Morgan fingerprint density at radius 2 is 1.78 bits per heavy atom. The van der Waals surface area contributed by atoms with Gasteiger partial charge in [0.15, 0.2) is 11.5 Å². The van der Waals surface area contributed by atoms with E-state index in [1.54, 1.807) is 43.5 Å². The maximum absolute atomic E-state index is 12.5. The van der Waals surface area contributed by atoms with E-state index in [0.29, 0.717) is 47.5 Å². The van der Waals surface area contributed by atoms with E-state index in [-0.39, 0.29) is 5.91 Å². The van der Waals surface area contributed by atoms with Crippen molar-refractivity contribution in [1.29, 1.82) is 0 Å². The summed E-state index contributed by atoms with van der Waals surface area (Å²) < 4.78 is 21.4. The van der Waals surface area contributed by atoms with Crippen molar-refractivity contribution in [3.63, 3.8) is 0 Å². The third-order valence-electron chi connectivity index (χ3n) is 3.45. The second-order valence-corrected chi connectivity index (χ2v) is 4.88. The van der Waals surface area contributed by atoms with Gasteiger partial charge < -0.3 is 24.3 Å². The number of carbonyl (C=O) groups is 1. The molecule has 120 valence electrons. The van der Waals surface area contributed by atoms with E-state index in [9.17, 15) is 4.79 Å². The fourth-order valence-corrected chi connectivity index (χ4v) is 2.31. The number of methoxy groups -OCH3 is 2. The third-order valence-corrected chi connectivity index (χ3v) is 3.45. The topological polar surface area (TPSA) is 66.0 Å². The molecule has 1 aliphatic heterocycles. The minimum Gasteiger partial charge on any atom is -0.497 e. The molecule has 1 heterocycles. The lowest BCUT2D eigenvalue weighted by Gasteiger charge is -2.19. The van der Waals surface area contributed by atoms with Crippen molar-refractivity contribution >= 4 is 11.6 Å². The lowest BCUT2D eigenvalue weighted by Crippen LogP contribution is -2.16. The molecule has 0 radical (unpaired) electrons. The Morgan fingerprint density at radius 1 is 1.00 bits per heavy atom. The van der Waals surface area contributed by atoms with Gasteiger partial charge in [-0.25, -0.2) is 0 Å². The molecule has 3 rings (SSSR count).